The van der Waals surface area contributed by atoms with Crippen molar-refractivity contribution in [1.29, 1.82) is 0 Å². The lowest BCUT2D eigenvalue weighted by Gasteiger charge is -2.25. The number of carbonyl (C=O) groups is 1. The smallest absolute Gasteiger partial charge is 0.335 e. The van der Waals surface area contributed by atoms with Crippen LogP contribution in [0.3, 0.4) is 0 Å². The van der Waals surface area contributed by atoms with Crippen molar-refractivity contribution in [2.75, 3.05) is 21.3 Å². The molecule has 1 heterocycles. The molecule has 134 valence electrons. The third kappa shape index (κ3) is 3.10. The quantitative estimate of drug-likeness (QED) is 0.769. The van der Waals surface area contributed by atoms with Crippen LogP contribution in [0, 0.1) is 17.6 Å². The second-order valence-electron chi connectivity index (χ2n) is 6.00. The molecule has 0 saturated carbocycles. The molecule has 4 unspecified atom stereocenters. The molecular weight excluding hydrogens is 322 g/mol. The van der Waals surface area contributed by atoms with Crippen LogP contribution in [-0.2, 0) is 19.0 Å². The van der Waals surface area contributed by atoms with Gasteiger partial charge in [-0.3, -0.25) is 0 Å². The van der Waals surface area contributed by atoms with Gasteiger partial charge in [0.1, 0.15) is 0 Å². The molecule has 0 aromatic heterocycles. The fraction of sp³-hybridized carbons (Fsp3) is 0.588. The lowest BCUT2D eigenvalue weighted by molar-refractivity contribution is -0.154. The average molecular weight is 344 g/mol. The van der Waals surface area contributed by atoms with Crippen molar-refractivity contribution in [2.45, 2.75) is 38.1 Å². The number of benzene rings is 1. The second-order valence-corrected chi connectivity index (χ2v) is 6.00. The van der Waals surface area contributed by atoms with Crippen molar-refractivity contribution in [3.8, 4) is 5.75 Å². The lowest BCUT2D eigenvalue weighted by Crippen LogP contribution is -2.33. The van der Waals surface area contributed by atoms with Crippen molar-refractivity contribution in [2.24, 2.45) is 5.92 Å². The highest BCUT2D eigenvalue weighted by atomic mass is 19.2. The number of hydrogen-bond donors (Lipinski definition) is 0. The standard InChI is InChI=1S/C17H22F2O5/c1-8(2)13-15(22-4)11(16(24-13)17(20)23-5)9-6-7-10(18)12(19)14(9)21-3/h6-8,11,13,15-16H,1-5H3. The van der Waals surface area contributed by atoms with Gasteiger partial charge in [0.05, 0.1) is 32.3 Å². The minimum Gasteiger partial charge on any atom is -0.493 e. The molecule has 1 aliphatic heterocycles. The highest BCUT2D eigenvalue weighted by Crippen LogP contribution is 2.44. The molecule has 1 aromatic carbocycles. The van der Waals surface area contributed by atoms with Crippen LogP contribution in [0.2, 0.25) is 0 Å². The van der Waals surface area contributed by atoms with E-state index in [4.69, 9.17) is 18.9 Å². The van der Waals surface area contributed by atoms with E-state index in [1.807, 2.05) is 13.8 Å². The Morgan fingerprint density at radius 3 is 2.38 bits per heavy atom. The van der Waals surface area contributed by atoms with Crippen LogP contribution >= 0.6 is 0 Å². The van der Waals surface area contributed by atoms with Crippen LogP contribution in [0.25, 0.3) is 0 Å². The van der Waals surface area contributed by atoms with Crippen molar-refractivity contribution in [3.05, 3.63) is 29.3 Å². The van der Waals surface area contributed by atoms with Gasteiger partial charge >= 0.3 is 5.97 Å². The average Bonchev–Trinajstić information content (AvgIpc) is 2.95. The van der Waals surface area contributed by atoms with Gasteiger partial charge in [-0.25, -0.2) is 9.18 Å². The lowest BCUT2D eigenvalue weighted by atomic mass is 9.85. The monoisotopic (exact) mass is 344 g/mol. The molecule has 0 amide bonds. The van der Waals surface area contributed by atoms with Crippen LogP contribution in [0.5, 0.6) is 5.75 Å². The van der Waals surface area contributed by atoms with Crippen LogP contribution in [0.15, 0.2) is 12.1 Å². The molecular formula is C17H22F2O5. The van der Waals surface area contributed by atoms with E-state index >= 15 is 0 Å². The minimum absolute atomic E-state index is 0.0448. The Morgan fingerprint density at radius 1 is 1.21 bits per heavy atom. The molecule has 0 bridgehead atoms. The van der Waals surface area contributed by atoms with E-state index in [1.54, 1.807) is 0 Å². The van der Waals surface area contributed by atoms with Gasteiger partial charge in [0.15, 0.2) is 17.7 Å². The highest BCUT2D eigenvalue weighted by Gasteiger charge is 2.51. The first-order valence-corrected chi connectivity index (χ1v) is 7.65. The molecule has 0 spiro atoms. The van der Waals surface area contributed by atoms with E-state index in [-0.39, 0.29) is 11.7 Å². The van der Waals surface area contributed by atoms with Crippen molar-refractivity contribution < 1.29 is 32.5 Å². The zero-order valence-corrected chi connectivity index (χ0v) is 14.3. The minimum atomic E-state index is -1.11. The van der Waals surface area contributed by atoms with E-state index in [9.17, 15) is 13.6 Å². The molecule has 4 atom stereocenters. The molecule has 1 fully saturated rings. The summed E-state index contributed by atoms with van der Waals surface area (Å²) in [6.07, 6.45) is -1.93. The Labute approximate surface area is 139 Å². The third-order valence-electron chi connectivity index (χ3n) is 4.31. The Bertz CT molecular complexity index is 605. The Kier molecular flexibility index (Phi) is 5.77. The SMILES string of the molecule is COC(=O)C1OC(C(C)C)C(OC)C1c1ccc(F)c(F)c1OC. The van der Waals surface area contributed by atoms with Gasteiger partial charge in [0, 0.05) is 12.7 Å². The Balaban J connectivity index is 2.58. The number of ether oxygens (including phenoxy) is 4. The number of hydrogen-bond acceptors (Lipinski definition) is 5. The summed E-state index contributed by atoms with van der Waals surface area (Å²) < 4.78 is 48.9. The number of carbonyl (C=O) groups excluding carboxylic acids is 1. The van der Waals surface area contributed by atoms with E-state index in [0.717, 1.165) is 6.07 Å². The molecule has 1 aliphatic rings. The third-order valence-corrected chi connectivity index (χ3v) is 4.31. The van der Waals surface area contributed by atoms with Crippen LogP contribution in [0.1, 0.15) is 25.3 Å². The summed E-state index contributed by atoms with van der Waals surface area (Å²) in [5.74, 6) is -3.63. The molecule has 5 nitrogen and oxygen atoms in total. The van der Waals surface area contributed by atoms with Gasteiger partial charge in [-0.2, -0.15) is 4.39 Å². The number of rotatable bonds is 5. The first-order chi connectivity index (χ1) is 11.4. The summed E-state index contributed by atoms with van der Waals surface area (Å²) in [7, 11) is 3.98. The molecule has 1 aromatic rings. The molecule has 0 N–H and O–H groups in total. The summed E-state index contributed by atoms with van der Waals surface area (Å²) in [4.78, 5) is 12.2. The Hall–Kier alpha value is -1.73. The maximum absolute atomic E-state index is 14.1. The van der Waals surface area contributed by atoms with Crippen LogP contribution in [0.4, 0.5) is 8.78 Å². The van der Waals surface area contributed by atoms with Crippen molar-refractivity contribution >= 4 is 5.97 Å². The van der Waals surface area contributed by atoms with Gasteiger partial charge in [-0.05, 0) is 12.0 Å². The number of halogens is 2. The summed E-state index contributed by atoms with van der Waals surface area (Å²) in [6.45, 7) is 3.85. The maximum Gasteiger partial charge on any atom is 0.335 e. The van der Waals surface area contributed by atoms with Gasteiger partial charge < -0.3 is 18.9 Å². The summed E-state index contributed by atoms with van der Waals surface area (Å²) >= 11 is 0. The second kappa shape index (κ2) is 7.44. The van der Waals surface area contributed by atoms with E-state index in [0.29, 0.717) is 5.56 Å². The summed E-state index contributed by atoms with van der Waals surface area (Å²) in [5.41, 5.74) is 0.307. The van der Waals surface area contributed by atoms with Gasteiger partial charge in [-0.15, -0.1) is 0 Å². The van der Waals surface area contributed by atoms with Gasteiger partial charge in [0.2, 0.25) is 5.82 Å². The number of esters is 1. The van der Waals surface area contributed by atoms with E-state index < -0.39 is 41.8 Å². The van der Waals surface area contributed by atoms with Crippen LogP contribution < -0.4 is 4.74 Å². The molecule has 1 saturated heterocycles. The predicted molar refractivity (Wildman–Crippen MR) is 82.0 cm³/mol. The molecule has 2 rings (SSSR count). The largest absolute Gasteiger partial charge is 0.493 e. The fourth-order valence-corrected chi connectivity index (χ4v) is 3.20. The molecule has 0 aliphatic carbocycles. The van der Waals surface area contributed by atoms with Gasteiger partial charge in [0.25, 0.3) is 0 Å². The topological polar surface area (TPSA) is 54.0 Å². The molecule has 0 radical (unpaired) electrons. The van der Waals surface area contributed by atoms with Crippen molar-refractivity contribution in [1.82, 2.24) is 0 Å². The van der Waals surface area contributed by atoms with Crippen molar-refractivity contribution in [3.63, 3.8) is 0 Å². The first-order valence-electron chi connectivity index (χ1n) is 7.65. The predicted octanol–water partition coefficient (Wildman–Crippen LogP) is 2.67. The maximum atomic E-state index is 14.1. The molecule has 24 heavy (non-hydrogen) atoms. The zero-order valence-electron chi connectivity index (χ0n) is 14.3. The Morgan fingerprint density at radius 2 is 1.88 bits per heavy atom. The summed E-state index contributed by atoms with van der Waals surface area (Å²) in [5, 5.41) is 0. The normalized spacial score (nSPS) is 26.7. The van der Waals surface area contributed by atoms with E-state index in [2.05, 4.69) is 0 Å². The number of methoxy groups -OCH3 is 3. The zero-order chi connectivity index (χ0) is 18.0. The van der Waals surface area contributed by atoms with E-state index in [1.165, 1.54) is 27.4 Å². The first kappa shape index (κ1) is 18.6. The fourth-order valence-electron chi connectivity index (χ4n) is 3.20. The molecule has 7 heteroatoms. The van der Waals surface area contributed by atoms with Crippen LogP contribution in [-0.4, -0.2) is 45.6 Å². The summed E-state index contributed by atoms with van der Waals surface area (Å²) in [6, 6.07) is 2.38. The highest BCUT2D eigenvalue weighted by molar-refractivity contribution is 5.77. The van der Waals surface area contributed by atoms with Gasteiger partial charge in [-0.1, -0.05) is 19.9 Å².